The Morgan fingerprint density at radius 3 is 2.28 bits per heavy atom. The monoisotopic (exact) mass is 421 g/mol. The van der Waals surface area contributed by atoms with Gasteiger partial charge in [-0.1, -0.05) is 12.1 Å². The number of hydrogen-bond donors (Lipinski definition) is 2. The van der Waals surface area contributed by atoms with Gasteiger partial charge in [0, 0.05) is 12.6 Å². The molecule has 0 radical (unpaired) electrons. The Kier molecular flexibility index (Phi) is 7.63. The lowest BCUT2D eigenvalue weighted by atomic mass is 10.1. The molecular weight excluding hydrogens is 398 g/mol. The van der Waals surface area contributed by atoms with Gasteiger partial charge in [-0.05, 0) is 47.9 Å². The smallest absolute Gasteiger partial charge is 0.328 e. The highest BCUT2D eigenvalue weighted by Gasteiger charge is 2.19. The zero-order chi connectivity index (χ0) is 21.4. The van der Waals surface area contributed by atoms with Crippen LogP contribution in [0.25, 0.3) is 6.08 Å². The van der Waals surface area contributed by atoms with Crippen LogP contribution in [0.5, 0.6) is 17.2 Å². The Labute approximate surface area is 169 Å². The molecule has 156 valence electrons. The van der Waals surface area contributed by atoms with E-state index in [1.807, 2.05) is 6.07 Å². The first-order valence-electron chi connectivity index (χ1n) is 8.60. The van der Waals surface area contributed by atoms with E-state index < -0.39 is 16.0 Å². The van der Waals surface area contributed by atoms with Gasteiger partial charge in [0.2, 0.25) is 10.0 Å². The molecule has 8 nitrogen and oxygen atoms in total. The van der Waals surface area contributed by atoms with Crippen LogP contribution in [0.1, 0.15) is 11.1 Å². The normalized spacial score (nSPS) is 11.4. The summed E-state index contributed by atoms with van der Waals surface area (Å²) in [5, 5.41) is 8.74. The minimum absolute atomic E-state index is 0.0696. The molecule has 29 heavy (non-hydrogen) atoms. The van der Waals surface area contributed by atoms with Crippen LogP contribution in [-0.2, 0) is 21.2 Å². The third-order valence-electron chi connectivity index (χ3n) is 4.05. The Morgan fingerprint density at radius 2 is 1.66 bits per heavy atom. The molecule has 9 heteroatoms. The van der Waals surface area contributed by atoms with Crippen molar-refractivity contribution >= 4 is 22.1 Å². The number of carboxylic acids is 1. The Bertz CT molecular complexity index is 1000. The maximum Gasteiger partial charge on any atom is 0.328 e. The summed E-state index contributed by atoms with van der Waals surface area (Å²) in [4.78, 5) is 10.6. The van der Waals surface area contributed by atoms with Gasteiger partial charge >= 0.3 is 5.97 Å². The quantitative estimate of drug-likeness (QED) is 0.567. The number of methoxy groups -OCH3 is 3. The van der Waals surface area contributed by atoms with E-state index in [1.54, 1.807) is 25.3 Å². The zero-order valence-corrected chi connectivity index (χ0v) is 17.2. The fourth-order valence-corrected chi connectivity index (χ4v) is 3.85. The highest BCUT2D eigenvalue weighted by molar-refractivity contribution is 7.89. The van der Waals surface area contributed by atoms with Crippen LogP contribution in [-0.4, -0.2) is 47.4 Å². The fourth-order valence-electron chi connectivity index (χ4n) is 2.62. The summed E-state index contributed by atoms with van der Waals surface area (Å²) in [6.07, 6.45) is 2.67. The van der Waals surface area contributed by atoms with E-state index in [9.17, 15) is 13.2 Å². The summed E-state index contributed by atoms with van der Waals surface area (Å²) in [5.41, 5.74) is 1.30. The van der Waals surface area contributed by atoms with Crippen molar-refractivity contribution in [3.63, 3.8) is 0 Å². The van der Waals surface area contributed by atoms with Gasteiger partial charge in [0.05, 0.1) is 21.3 Å². The number of sulfonamides is 1. The largest absolute Gasteiger partial charge is 0.495 e. The molecule has 0 aliphatic carbocycles. The molecule has 2 aromatic carbocycles. The van der Waals surface area contributed by atoms with E-state index in [2.05, 4.69) is 4.72 Å². The zero-order valence-electron chi connectivity index (χ0n) is 16.3. The molecule has 2 N–H and O–H groups in total. The molecule has 2 rings (SSSR count). The number of rotatable bonds is 10. The van der Waals surface area contributed by atoms with E-state index in [0.717, 1.165) is 11.6 Å². The third kappa shape index (κ3) is 5.97. The van der Waals surface area contributed by atoms with Gasteiger partial charge in [-0.25, -0.2) is 17.9 Å². The van der Waals surface area contributed by atoms with Gasteiger partial charge in [-0.15, -0.1) is 0 Å². The van der Waals surface area contributed by atoms with Gasteiger partial charge < -0.3 is 19.3 Å². The Balaban J connectivity index is 2.16. The number of carbonyl (C=O) groups is 1. The summed E-state index contributed by atoms with van der Waals surface area (Å²) in [5.74, 6) is 0.189. The molecule has 0 aliphatic rings. The lowest BCUT2D eigenvalue weighted by molar-refractivity contribution is -0.131. The first-order chi connectivity index (χ1) is 13.8. The maximum absolute atomic E-state index is 12.7. The number of benzene rings is 2. The topological polar surface area (TPSA) is 111 Å². The van der Waals surface area contributed by atoms with Crippen LogP contribution in [0.3, 0.4) is 0 Å². The molecule has 2 aromatic rings. The lowest BCUT2D eigenvalue weighted by Gasteiger charge is -2.12. The van der Waals surface area contributed by atoms with Gasteiger partial charge in [0.15, 0.2) is 11.5 Å². The molecule has 0 aliphatic heterocycles. The molecule has 0 aromatic heterocycles. The number of nitrogens with one attached hydrogen (secondary N) is 1. The number of ether oxygens (including phenoxy) is 3. The van der Waals surface area contributed by atoms with Crippen molar-refractivity contribution < 1.29 is 32.5 Å². The number of aliphatic carboxylic acids is 1. The average molecular weight is 421 g/mol. The van der Waals surface area contributed by atoms with Crippen LogP contribution in [0, 0.1) is 0 Å². The molecule has 0 saturated carbocycles. The van der Waals surface area contributed by atoms with Crippen molar-refractivity contribution in [2.24, 2.45) is 0 Å². The molecular formula is C20H23NO7S. The van der Waals surface area contributed by atoms with E-state index in [0.29, 0.717) is 23.5 Å². The first kappa shape index (κ1) is 22.3. The minimum Gasteiger partial charge on any atom is -0.495 e. The molecule has 0 atom stereocenters. The van der Waals surface area contributed by atoms with Gasteiger partial charge in [-0.2, -0.15) is 0 Å². The lowest BCUT2D eigenvalue weighted by Crippen LogP contribution is -2.26. The number of hydrogen-bond acceptors (Lipinski definition) is 6. The average Bonchev–Trinajstić information content (AvgIpc) is 2.71. The summed E-state index contributed by atoms with van der Waals surface area (Å²) >= 11 is 0. The Morgan fingerprint density at radius 1 is 1.00 bits per heavy atom. The van der Waals surface area contributed by atoms with E-state index in [4.69, 9.17) is 19.3 Å². The number of carboxylic acid groups (broad SMARTS) is 1. The van der Waals surface area contributed by atoms with E-state index >= 15 is 0 Å². The fraction of sp³-hybridized carbons (Fsp3) is 0.250. The van der Waals surface area contributed by atoms with Crippen LogP contribution < -0.4 is 18.9 Å². The van der Waals surface area contributed by atoms with E-state index in [-0.39, 0.29) is 17.2 Å². The van der Waals surface area contributed by atoms with Gasteiger partial charge in [-0.3, -0.25) is 0 Å². The van der Waals surface area contributed by atoms with Crippen molar-refractivity contribution in [2.45, 2.75) is 11.3 Å². The van der Waals surface area contributed by atoms with Crippen LogP contribution in [0.2, 0.25) is 0 Å². The van der Waals surface area contributed by atoms with E-state index in [1.165, 1.54) is 32.4 Å². The molecule has 0 saturated heterocycles. The van der Waals surface area contributed by atoms with Crippen molar-refractivity contribution in [1.29, 1.82) is 0 Å². The van der Waals surface area contributed by atoms with Crippen molar-refractivity contribution in [3.05, 3.63) is 53.6 Å². The highest BCUT2D eigenvalue weighted by Crippen LogP contribution is 2.28. The molecule has 0 bridgehead atoms. The second kappa shape index (κ2) is 9.94. The van der Waals surface area contributed by atoms with Crippen LogP contribution in [0.4, 0.5) is 0 Å². The van der Waals surface area contributed by atoms with Gasteiger partial charge in [0.25, 0.3) is 0 Å². The highest BCUT2D eigenvalue weighted by atomic mass is 32.2. The minimum atomic E-state index is -3.88. The van der Waals surface area contributed by atoms with Crippen molar-refractivity contribution in [2.75, 3.05) is 27.9 Å². The summed E-state index contributed by atoms with van der Waals surface area (Å²) in [6, 6.07) is 9.77. The molecule has 0 fully saturated rings. The summed E-state index contributed by atoms with van der Waals surface area (Å²) in [7, 11) is 0.561. The predicted octanol–water partition coefficient (Wildman–Crippen LogP) is 2.33. The predicted molar refractivity (Wildman–Crippen MR) is 108 cm³/mol. The summed E-state index contributed by atoms with van der Waals surface area (Å²) in [6.45, 7) is 0.149. The maximum atomic E-state index is 12.7. The van der Waals surface area contributed by atoms with Crippen LogP contribution >= 0.6 is 0 Å². The first-order valence-corrected chi connectivity index (χ1v) is 10.1. The SMILES string of the molecule is COc1ccc(CCNS(=O)(=O)c2cc(C=CC(=O)O)ccc2OC)cc1OC. The molecule has 0 unspecified atom stereocenters. The van der Waals surface area contributed by atoms with Crippen LogP contribution in [0.15, 0.2) is 47.4 Å². The second-order valence-electron chi connectivity index (χ2n) is 5.92. The second-order valence-corrected chi connectivity index (χ2v) is 7.65. The standard InChI is InChI=1S/C20H23NO7S/c1-26-16-7-4-15(12-18(16)28-3)10-11-21-29(24,25)19-13-14(6-9-20(22)23)5-8-17(19)27-2/h4-9,12-13,21H,10-11H2,1-3H3,(H,22,23). The summed E-state index contributed by atoms with van der Waals surface area (Å²) < 4.78 is 43.6. The van der Waals surface area contributed by atoms with Crippen molar-refractivity contribution in [3.8, 4) is 17.2 Å². The molecule has 0 amide bonds. The molecule has 0 spiro atoms. The Hall–Kier alpha value is -3.04. The van der Waals surface area contributed by atoms with Crippen molar-refractivity contribution in [1.82, 2.24) is 4.72 Å². The third-order valence-corrected chi connectivity index (χ3v) is 5.53. The van der Waals surface area contributed by atoms with Gasteiger partial charge in [0.1, 0.15) is 10.6 Å². The molecule has 0 heterocycles.